The lowest BCUT2D eigenvalue weighted by Crippen LogP contribution is -2.42. The molecule has 0 saturated carbocycles. The molecule has 0 unspecified atom stereocenters. The summed E-state index contributed by atoms with van der Waals surface area (Å²) in [4.78, 5) is 39.6. The molecule has 4 rings (SSSR count). The van der Waals surface area contributed by atoms with Gasteiger partial charge in [-0.2, -0.15) is 13.2 Å². The van der Waals surface area contributed by atoms with Crippen LogP contribution < -0.4 is 5.73 Å². The maximum Gasteiger partial charge on any atom is 0.466 e. The summed E-state index contributed by atoms with van der Waals surface area (Å²) in [5.41, 5.74) is 6.00. The van der Waals surface area contributed by atoms with E-state index in [1.165, 1.54) is 23.1 Å². The van der Waals surface area contributed by atoms with Crippen molar-refractivity contribution in [3.63, 3.8) is 0 Å². The molecule has 1 aliphatic heterocycles. The molecule has 1 aliphatic rings. The van der Waals surface area contributed by atoms with Crippen LogP contribution in [0, 0.1) is 17.5 Å². The summed E-state index contributed by atoms with van der Waals surface area (Å²) >= 11 is 12.3. The number of aromatic nitrogens is 2. The second-order valence-corrected chi connectivity index (χ2v) is 10.6. The molecule has 224 valence electrons. The molecule has 1 aromatic heterocycles. The fourth-order valence-corrected chi connectivity index (χ4v) is 4.52. The Labute approximate surface area is 238 Å². The molecule has 2 aromatic carbocycles. The topological polar surface area (TPSA) is 142 Å². The monoisotopic (exact) mass is 648 g/mol. The van der Waals surface area contributed by atoms with E-state index in [1.807, 2.05) is 0 Å². The highest BCUT2D eigenvalue weighted by Crippen LogP contribution is 2.40. The fraction of sp³-hybridized carbons (Fsp3) is 0.304. The van der Waals surface area contributed by atoms with E-state index < -0.39 is 49.2 Å². The molecule has 1 amide bonds. The average molecular weight is 649 g/mol. The number of benzene rings is 2. The summed E-state index contributed by atoms with van der Waals surface area (Å²) < 4.78 is 91.5. The number of fused-ring (bicyclic) bond motifs is 1. The Morgan fingerprint density at radius 3 is 2.29 bits per heavy atom. The molecular formula is C23H21Cl2F6N4O5P. The van der Waals surface area contributed by atoms with Crippen LogP contribution in [0.15, 0.2) is 30.3 Å². The van der Waals surface area contributed by atoms with Crippen molar-refractivity contribution in [3.8, 4) is 11.3 Å². The molecule has 0 fully saturated rings. The van der Waals surface area contributed by atoms with Crippen molar-refractivity contribution in [2.45, 2.75) is 38.1 Å². The SMILES string of the molecule is N[C@@H](CC(=O)N1CCn2c(C(F)(F)F)nc(-c3cccc(Cl)c3Cl)c2C1)Cc1cc(F)c(F)cc1F.O=P(O)(O)O. The fourth-order valence-electron chi connectivity index (χ4n) is 4.13. The number of hydrogen-bond donors (Lipinski definition) is 4. The van der Waals surface area contributed by atoms with Gasteiger partial charge < -0.3 is 29.9 Å². The minimum absolute atomic E-state index is 0.0211. The molecule has 3 aromatic rings. The number of hydrogen-bond acceptors (Lipinski definition) is 4. The van der Waals surface area contributed by atoms with Gasteiger partial charge in [0.1, 0.15) is 5.82 Å². The Kier molecular flexibility index (Phi) is 10.2. The maximum absolute atomic E-state index is 13.9. The first-order valence-electron chi connectivity index (χ1n) is 11.4. The van der Waals surface area contributed by atoms with Crippen LogP contribution in [-0.4, -0.2) is 47.6 Å². The second kappa shape index (κ2) is 12.7. The molecule has 5 N–H and O–H groups in total. The van der Waals surface area contributed by atoms with Crippen LogP contribution in [0.1, 0.15) is 23.5 Å². The first-order chi connectivity index (χ1) is 18.9. The Balaban J connectivity index is 0.000000850. The summed E-state index contributed by atoms with van der Waals surface area (Å²) in [5, 5.41) is 0.150. The van der Waals surface area contributed by atoms with Crippen molar-refractivity contribution in [3.05, 3.63) is 74.9 Å². The maximum atomic E-state index is 13.9. The Hall–Kier alpha value is -2.65. The average Bonchev–Trinajstić information content (AvgIpc) is 3.22. The molecule has 0 radical (unpaired) electrons. The lowest BCUT2D eigenvalue weighted by molar-refractivity contribution is -0.148. The molecule has 1 atom stereocenters. The van der Waals surface area contributed by atoms with Gasteiger partial charge >= 0.3 is 14.0 Å². The minimum atomic E-state index is -4.75. The van der Waals surface area contributed by atoms with Crippen LogP contribution in [0.4, 0.5) is 26.3 Å². The van der Waals surface area contributed by atoms with Gasteiger partial charge in [-0.15, -0.1) is 0 Å². The largest absolute Gasteiger partial charge is 0.466 e. The third-order valence-corrected chi connectivity index (χ3v) is 6.65. The molecule has 0 bridgehead atoms. The number of imidazole rings is 1. The van der Waals surface area contributed by atoms with Crippen LogP contribution in [-0.2, 0) is 35.0 Å². The zero-order valence-corrected chi connectivity index (χ0v) is 23.0. The minimum Gasteiger partial charge on any atom is -0.335 e. The quantitative estimate of drug-likeness (QED) is 0.179. The van der Waals surface area contributed by atoms with Crippen LogP contribution >= 0.6 is 31.0 Å². The molecule has 18 heteroatoms. The molecule has 0 spiro atoms. The summed E-state index contributed by atoms with van der Waals surface area (Å²) in [6, 6.07) is 4.60. The van der Waals surface area contributed by atoms with Crippen LogP contribution in [0.3, 0.4) is 0 Å². The molecule has 0 aliphatic carbocycles. The number of nitrogens with two attached hydrogens (primary N) is 1. The predicted molar refractivity (Wildman–Crippen MR) is 135 cm³/mol. The first-order valence-corrected chi connectivity index (χ1v) is 13.7. The predicted octanol–water partition coefficient (Wildman–Crippen LogP) is 4.67. The summed E-state index contributed by atoms with van der Waals surface area (Å²) in [6.07, 6.45) is -5.30. The normalized spacial score (nSPS) is 14.3. The molecule has 2 heterocycles. The Morgan fingerprint density at radius 1 is 1.07 bits per heavy atom. The molecule has 0 saturated heterocycles. The third kappa shape index (κ3) is 8.44. The van der Waals surface area contributed by atoms with Gasteiger partial charge in [0.2, 0.25) is 11.7 Å². The molecule has 41 heavy (non-hydrogen) atoms. The second-order valence-electron chi connectivity index (χ2n) is 8.84. The van der Waals surface area contributed by atoms with E-state index in [9.17, 15) is 31.1 Å². The highest BCUT2D eigenvalue weighted by atomic mass is 35.5. The van der Waals surface area contributed by atoms with Crippen molar-refractivity contribution in [2.24, 2.45) is 5.73 Å². The van der Waals surface area contributed by atoms with Crippen molar-refractivity contribution in [2.75, 3.05) is 6.54 Å². The number of alkyl halides is 3. The van der Waals surface area contributed by atoms with Crippen LogP contribution in [0.5, 0.6) is 0 Å². The van der Waals surface area contributed by atoms with Crippen molar-refractivity contribution >= 4 is 36.9 Å². The summed E-state index contributed by atoms with van der Waals surface area (Å²) in [6.45, 7) is -0.458. The van der Waals surface area contributed by atoms with E-state index in [4.69, 9.17) is 48.2 Å². The van der Waals surface area contributed by atoms with Crippen LogP contribution in [0.25, 0.3) is 11.3 Å². The number of amides is 1. The van der Waals surface area contributed by atoms with E-state index in [0.29, 0.717) is 12.1 Å². The van der Waals surface area contributed by atoms with E-state index >= 15 is 0 Å². The standard InChI is InChI=1S/C23H18Cl2F6N4O.H3O4P/c24-14-3-1-2-13(20(14)25)21-18-10-34(4-5-35(18)22(33-21)23(29,30)31)19(36)8-12(32)6-11-7-16(27)17(28)9-15(11)26;1-5(2,3)4/h1-3,7,9,12H,4-6,8,10,32H2;(H3,1,2,3,4)/t12-;/m1./s1. The van der Waals surface area contributed by atoms with E-state index in [1.54, 1.807) is 0 Å². The first kappa shape index (κ1) is 32.9. The number of nitrogens with zero attached hydrogens (tertiary/aromatic N) is 3. The number of rotatable bonds is 5. The number of halogens is 8. The highest BCUT2D eigenvalue weighted by molar-refractivity contribution is 7.45. The van der Waals surface area contributed by atoms with Crippen molar-refractivity contribution in [1.82, 2.24) is 14.5 Å². The van der Waals surface area contributed by atoms with Gasteiger partial charge in [0.05, 0.1) is 28.0 Å². The molecular weight excluding hydrogens is 628 g/mol. The lowest BCUT2D eigenvalue weighted by atomic mass is 10.0. The van der Waals surface area contributed by atoms with Gasteiger partial charge in [0, 0.05) is 37.2 Å². The zero-order valence-electron chi connectivity index (χ0n) is 20.5. The summed E-state index contributed by atoms with van der Waals surface area (Å²) in [5.74, 6) is -5.22. The number of phosphoric acid groups is 1. The molecule has 9 nitrogen and oxygen atoms in total. The van der Waals surface area contributed by atoms with Gasteiger partial charge in [-0.05, 0) is 24.1 Å². The summed E-state index contributed by atoms with van der Waals surface area (Å²) in [7, 11) is -4.64. The van der Waals surface area contributed by atoms with Gasteiger partial charge in [0.15, 0.2) is 11.6 Å². The smallest absolute Gasteiger partial charge is 0.335 e. The number of carbonyl (C=O) groups excluding carboxylic acids is 1. The Bertz CT molecular complexity index is 1490. The number of carbonyl (C=O) groups is 1. The van der Waals surface area contributed by atoms with Crippen LogP contribution in [0.2, 0.25) is 10.0 Å². The lowest BCUT2D eigenvalue weighted by Gasteiger charge is -2.30. The zero-order chi connectivity index (χ0) is 30.9. The highest BCUT2D eigenvalue weighted by Gasteiger charge is 2.41. The Morgan fingerprint density at radius 2 is 1.68 bits per heavy atom. The van der Waals surface area contributed by atoms with Gasteiger partial charge in [-0.25, -0.2) is 22.7 Å². The van der Waals surface area contributed by atoms with Gasteiger partial charge in [-0.3, -0.25) is 4.79 Å². The van der Waals surface area contributed by atoms with Crippen molar-refractivity contribution in [1.29, 1.82) is 0 Å². The van der Waals surface area contributed by atoms with E-state index in [2.05, 4.69) is 4.98 Å². The van der Waals surface area contributed by atoms with Gasteiger partial charge in [0.25, 0.3) is 0 Å². The van der Waals surface area contributed by atoms with E-state index in [0.717, 1.165) is 4.57 Å². The van der Waals surface area contributed by atoms with E-state index in [-0.39, 0.29) is 65.0 Å². The van der Waals surface area contributed by atoms with Gasteiger partial charge in [-0.1, -0.05) is 35.3 Å². The third-order valence-electron chi connectivity index (χ3n) is 5.83. The van der Waals surface area contributed by atoms with Crippen molar-refractivity contribution < 1.29 is 50.4 Å².